The first kappa shape index (κ1) is 25.7. The summed E-state index contributed by atoms with van der Waals surface area (Å²) in [7, 11) is 0. The van der Waals surface area contributed by atoms with E-state index in [1.54, 1.807) is 0 Å². The smallest absolute Gasteiger partial charge is 0.0216 e. The van der Waals surface area contributed by atoms with Crippen molar-refractivity contribution in [2.24, 2.45) is 0 Å². The molecule has 162 valence electrons. The molecule has 0 spiro atoms. The summed E-state index contributed by atoms with van der Waals surface area (Å²) in [5, 5.41) is 0. The summed E-state index contributed by atoms with van der Waals surface area (Å²) in [4.78, 5) is 0. The van der Waals surface area contributed by atoms with Crippen LogP contribution in [0.2, 0.25) is 0 Å². The highest BCUT2D eigenvalue weighted by Gasteiger charge is 2.07. The zero-order valence-corrected chi connectivity index (χ0v) is 20.2. The molecule has 30 heavy (non-hydrogen) atoms. The van der Waals surface area contributed by atoms with Crippen LogP contribution in [0.4, 0.5) is 0 Å². The van der Waals surface area contributed by atoms with Crippen LogP contribution in [-0.2, 0) is 6.42 Å². The number of aryl methyl sites for hydroxylation is 1. The highest BCUT2D eigenvalue weighted by molar-refractivity contribution is 5.31. The van der Waals surface area contributed by atoms with Crippen molar-refractivity contribution in [1.29, 1.82) is 0 Å². The second-order valence-electron chi connectivity index (χ2n) is 8.74. The summed E-state index contributed by atoms with van der Waals surface area (Å²) < 4.78 is 0. The van der Waals surface area contributed by atoms with E-state index in [1.165, 1.54) is 35.1 Å². The third-order valence-electron chi connectivity index (χ3n) is 5.09. The van der Waals surface area contributed by atoms with E-state index < -0.39 is 0 Å². The maximum atomic E-state index is 2.25. The van der Waals surface area contributed by atoms with Gasteiger partial charge in [-0.2, -0.15) is 0 Å². The molecule has 0 unspecified atom stereocenters. The third kappa shape index (κ3) is 9.92. The van der Waals surface area contributed by atoms with Gasteiger partial charge in [0, 0.05) is 0 Å². The van der Waals surface area contributed by atoms with E-state index in [0.29, 0.717) is 17.8 Å². The molecular formula is C30H42. The Morgan fingerprint density at radius 2 is 0.900 bits per heavy atom. The van der Waals surface area contributed by atoms with Gasteiger partial charge in [0.25, 0.3) is 0 Å². The summed E-state index contributed by atoms with van der Waals surface area (Å²) >= 11 is 0. The van der Waals surface area contributed by atoms with Crippen LogP contribution in [0.3, 0.4) is 0 Å². The predicted molar refractivity (Wildman–Crippen MR) is 136 cm³/mol. The molecule has 3 rings (SSSR count). The Bertz CT molecular complexity index is 756. The number of rotatable bonds is 5. The summed E-state index contributed by atoms with van der Waals surface area (Å²) in [6.07, 6.45) is 2.45. The molecule has 3 aromatic rings. The molecule has 3 aromatic carbocycles. The van der Waals surface area contributed by atoms with Crippen molar-refractivity contribution >= 4 is 0 Å². The van der Waals surface area contributed by atoms with E-state index in [1.807, 2.05) is 6.07 Å². The monoisotopic (exact) mass is 402 g/mol. The number of benzene rings is 3. The molecule has 0 saturated carbocycles. The van der Waals surface area contributed by atoms with Gasteiger partial charge in [0.05, 0.1) is 0 Å². The average molecular weight is 403 g/mol. The van der Waals surface area contributed by atoms with Crippen LogP contribution >= 0.6 is 0 Å². The van der Waals surface area contributed by atoms with Crippen molar-refractivity contribution in [2.45, 2.75) is 79.1 Å². The molecule has 0 heteroatoms. The molecule has 0 aliphatic heterocycles. The van der Waals surface area contributed by atoms with Gasteiger partial charge in [0.15, 0.2) is 0 Å². The molecule has 0 fully saturated rings. The second-order valence-corrected chi connectivity index (χ2v) is 8.74. The van der Waals surface area contributed by atoms with E-state index in [-0.39, 0.29) is 0 Å². The fraction of sp³-hybridized carbons (Fsp3) is 0.400. The first-order valence-corrected chi connectivity index (χ1v) is 11.5. The van der Waals surface area contributed by atoms with Crippen molar-refractivity contribution in [1.82, 2.24) is 0 Å². The Hall–Kier alpha value is -2.34. The molecule has 0 radical (unpaired) electrons. The lowest BCUT2D eigenvalue weighted by atomic mass is 9.91. The third-order valence-corrected chi connectivity index (χ3v) is 5.09. The molecule has 0 aromatic heterocycles. The first-order valence-electron chi connectivity index (χ1n) is 11.5. The normalized spacial score (nSPS) is 10.3. The van der Waals surface area contributed by atoms with Gasteiger partial charge in [-0.15, -0.1) is 0 Å². The lowest BCUT2D eigenvalue weighted by Crippen LogP contribution is -1.97. The van der Waals surface area contributed by atoms with Gasteiger partial charge in [0.1, 0.15) is 0 Å². The van der Waals surface area contributed by atoms with Crippen molar-refractivity contribution in [3.05, 3.63) is 107 Å². The minimum absolute atomic E-state index is 0.642. The van der Waals surface area contributed by atoms with Gasteiger partial charge in [-0.05, 0) is 46.4 Å². The Morgan fingerprint density at radius 3 is 1.23 bits per heavy atom. The van der Waals surface area contributed by atoms with Crippen LogP contribution in [0.5, 0.6) is 0 Å². The van der Waals surface area contributed by atoms with Gasteiger partial charge in [-0.25, -0.2) is 0 Å². The molecule has 0 N–H and O–H groups in total. The molecule has 0 heterocycles. The van der Waals surface area contributed by atoms with E-state index in [9.17, 15) is 0 Å². The summed E-state index contributed by atoms with van der Waals surface area (Å²) in [5.41, 5.74) is 5.84. The topological polar surface area (TPSA) is 0 Å². The fourth-order valence-electron chi connectivity index (χ4n) is 3.33. The highest BCUT2D eigenvalue weighted by Crippen LogP contribution is 2.25. The van der Waals surface area contributed by atoms with Crippen LogP contribution in [0.15, 0.2) is 84.9 Å². The lowest BCUT2D eigenvalue weighted by Gasteiger charge is -2.14. The van der Waals surface area contributed by atoms with Crippen molar-refractivity contribution < 1.29 is 0 Å². The zero-order valence-electron chi connectivity index (χ0n) is 20.2. The summed E-state index contributed by atoms with van der Waals surface area (Å²) in [6, 6.07) is 29.8. The van der Waals surface area contributed by atoms with Crippen molar-refractivity contribution in [2.75, 3.05) is 0 Å². The van der Waals surface area contributed by atoms with E-state index in [2.05, 4.69) is 127 Å². The van der Waals surface area contributed by atoms with Crippen LogP contribution in [0.1, 0.15) is 94.9 Å². The van der Waals surface area contributed by atoms with Gasteiger partial charge in [-0.1, -0.05) is 140 Å². The molecular weight excluding hydrogens is 360 g/mol. The molecule has 0 aliphatic carbocycles. The average Bonchev–Trinajstić information content (AvgIpc) is 2.76. The molecule has 0 bridgehead atoms. The van der Waals surface area contributed by atoms with Crippen molar-refractivity contribution in [3.63, 3.8) is 0 Å². The molecule has 0 amide bonds. The van der Waals surface area contributed by atoms with Gasteiger partial charge in [-0.3, -0.25) is 0 Å². The SMILES string of the molecule is CC(C)c1ccccc1.CC(C)c1ccccc1C(C)C.CCCc1ccccc1. The van der Waals surface area contributed by atoms with Gasteiger partial charge >= 0.3 is 0 Å². The van der Waals surface area contributed by atoms with Crippen LogP contribution < -0.4 is 0 Å². The lowest BCUT2D eigenvalue weighted by molar-refractivity contribution is 0.790. The molecule has 0 nitrogen and oxygen atoms in total. The Morgan fingerprint density at radius 1 is 0.500 bits per heavy atom. The second kappa shape index (κ2) is 14.6. The summed E-state index contributed by atoms with van der Waals surface area (Å²) in [5.74, 6) is 1.94. The minimum atomic E-state index is 0.642. The van der Waals surface area contributed by atoms with Crippen LogP contribution in [0.25, 0.3) is 0 Å². The highest BCUT2D eigenvalue weighted by atomic mass is 14.1. The largest absolute Gasteiger partial charge is 0.0651 e. The number of hydrogen-bond donors (Lipinski definition) is 0. The predicted octanol–water partition coefficient (Wildman–Crippen LogP) is 9.38. The zero-order chi connectivity index (χ0) is 22.4. The van der Waals surface area contributed by atoms with E-state index >= 15 is 0 Å². The van der Waals surface area contributed by atoms with Gasteiger partial charge < -0.3 is 0 Å². The first-order chi connectivity index (χ1) is 14.4. The number of hydrogen-bond acceptors (Lipinski definition) is 0. The summed E-state index contributed by atoms with van der Waals surface area (Å²) in [6.45, 7) is 15.6. The minimum Gasteiger partial charge on any atom is -0.0651 e. The standard InChI is InChI=1S/C12H18.2C9H12/c1-9(2)11-7-5-6-8-12(11)10(3)4;1-8(2)9-6-4-3-5-7-9;1-2-6-9-7-4-3-5-8-9/h5-10H,1-4H3;3-8H,1-2H3;3-5,7-8H,2,6H2,1H3. The molecule has 0 aliphatic rings. The quantitative estimate of drug-likeness (QED) is 0.398. The Kier molecular flexibility index (Phi) is 12.5. The van der Waals surface area contributed by atoms with Crippen molar-refractivity contribution in [3.8, 4) is 0 Å². The molecule has 0 saturated heterocycles. The van der Waals surface area contributed by atoms with E-state index in [4.69, 9.17) is 0 Å². The Balaban J connectivity index is 0.000000229. The van der Waals surface area contributed by atoms with E-state index in [0.717, 1.165) is 0 Å². The Labute approximate surface area is 186 Å². The maximum Gasteiger partial charge on any atom is -0.0216 e. The molecule has 0 atom stereocenters. The van der Waals surface area contributed by atoms with Crippen LogP contribution in [-0.4, -0.2) is 0 Å². The van der Waals surface area contributed by atoms with Gasteiger partial charge in [0.2, 0.25) is 0 Å². The maximum absolute atomic E-state index is 2.25. The van der Waals surface area contributed by atoms with Crippen LogP contribution in [0, 0.1) is 0 Å². The fourth-order valence-corrected chi connectivity index (χ4v) is 3.33.